The van der Waals surface area contributed by atoms with Gasteiger partial charge in [-0.25, -0.2) is 4.98 Å². The topological polar surface area (TPSA) is 53.4 Å². The summed E-state index contributed by atoms with van der Waals surface area (Å²) in [5, 5.41) is 9.39. The van der Waals surface area contributed by atoms with E-state index in [1.165, 1.54) is 4.90 Å². The van der Waals surface area contributed by atoms with Crippen molar-refractivity contribution in [2.75, 3.05) is 13.7 Å². The number of rotatable bonds is 5. The number of pyridine rings is 1. The predicted octanol–water partition coefficient (Wildman–Crippen LogP) is 2.14. The fraction of sp³-hybridized carbons (Fsp3) is 0.538. The van der Waals surface area contributed by atoms with Crippen LogP contribution in [0.25, 0.3) is 0 Å². The summed E-state index contributed by atoms with van der Waals surface area (Å²) in [5.74, 6) is -0.154. The zero-order valence-electron chi connectivity index (χ0n) is 11.0. The van der Waals surface area contributed by atoms with E-state index in [-0.39, 0.29) is 18.6 Å². The van der Waals surface area contributed by atoms with E-state index in [2.05, 4.69) is 4.98 Å². The van der Waals surface area contributed by atoms with Crippen LogP contribution in [0.2, 0.25) is 5.15 Å². The molecule has 1 heterocycles. The first-order valence-electron chi connectivity index (χ1n) is 6.04. The smallest absolute Gasteiger partial charge is 0.254 e. The van der Waals surface area contributed by atoms with Crippen molar-refractivity contribution in [2.45, 2.75) is 32.7 Å². The lowest BCUT2D eigenvalue weighted by Crippen LogP contribution is -2.37. The standard InChI is InChI=1S/C13H19ClN2O2/c1-4-5-11-6-10(7-12(14)15-11)13(18)16(3)9(2)8-17/h6-7,9,17H,4-5,8H2,1-3H3. The summed E-state index contributed by atoms with van der Waals surface area (Å²) in [7, 11) is 1.66. The van der Waals surface area contributed by atoms with Crippen LogP contribution in [-0.4, -0.2) is 40.6 Å². The highest BCUT2D eigenvalue weighted by atomic mass is 35.5. The number of amides is 1. The molecule has 1 rings (SSSR count). The molecule has 0 saturated carbocycles. The van der Waals surface area contributed by atoms with E-state index in [9.17, 15) is 4.79 Å². The molecule has 1 atom stereocenters. The lowest BCUT2D eigenvalue weighted by atomic mass is 10.1. The molecule has 100 valence electrons. The molecule has 0 fully saturated rings. The number of halogens is 1. The van der Waals surface area contributed by atoms with Crippen molar-refractivity contribution in [2.24, 2.45) is 0 Å². The Morgan fingerprint density at radius 2 is 2.22 bits per heavy atom. The monoisotopic (exact) mass is 270 g/mol. The van der Waals surface area contributed by atoms with Crippen LogP contribution in [0.5, 0.6) is 0 Å². The van der Waals surface area contributed by atoms with Gasteiger partial charge in [-0.1, -0.05) is 24.9 Å². The largest absolute Gasteiger partial charge is 0.394 e. The zero-order chi connectivity index (χ0) is 13.7. The fourth-order valence-corrected chi connectivity index (χ4v) is 1.81. The lowest BCUT2D eigenvalue weighted by Gasteiger charge is -2.23. The lowest BCUT2D eigenvalue weighted by molar-refractivity contribution is 0.0682. The van der Waals surface area contributed by atoms with E-state index in [0.29, 0.717) is 10.7 Å². The molecule has 0 aliphatic heterocycles. The molecule has 0 aliphatic rings. The Kier molecular flexibility index (Phi) is 5.56. The van der Waals surface area contributed by atoms with Gasteiger partial charge in [0.15, 0.2) is 0 Å². The Hall–Kier alpha value is -1.13. The maximum atomic E-state index is 12.2. The molecular formula is C13H19ClN2O2. The van der Waals surface area contributed by atoms with Crippen LogP contribution in [0.3, 0.4) is 0 Å². The molecule has 1 aromatic rings. The second-order valence-electron chi connectivity index (χ2n) is 4.37. The number of aromatic nitrogens is 1. The Balaban J connectivity index is 2.98. The fourth-order valence-electron chi connectivity index (χ4n) is 1.59. The number of nitrogens with zero attached hydrogens (tertiary/aromatic N) is 2. The maximum Gasteiger partial charge on any atom is 0.254 e. The van der Waals surface area contributed by atoms with Gasteiger partial charge in [-0.15, -0.1) is 0 Å². The molecule has 4 nitrogen and oxygen atoms in total. The number of likely N-dealkylation sites (N-methyl/N-ethyl adjacent to an activating group) is 1. The highest BCUT2D eigenvalue weighted by Crippen LogP contribution is 2.14. The van der Waals surface area contributed by atoms with Crippen LogP contribution in [-0.2, 0) is 6.42 Å². The van der Waals surface area contributed by atoms with Crippen LogP contribution in [0.1, 0.15) is 36.3 Å². The normalized spacial score (nSPS) is 12.3. The number of aliphatic hydroxyl groups is 1. The summed E-state index contributed by atoms with van der Waals surface area (Å²) in [6, 6.07) is 3.10. The van der Waals surface area contributed by atoms with Gasteiger partial charge in [-0.05, 0) is 25.5 Å². The summed E-state index contributed by atoms with van der Waals surface area (Å²) in [6.45, 7) is 3.76. The van der Waals surface area contributed by atoms with E-state index >= 15 is 0 Å². The molecule has 0 bridgehead atoms. The van der Waals surface area contributed by atoms with Crippen LogP contribution >= 0.6 is 11.6 Å². The minimum absolute atomic E-state index is 0.0666. The molecule has 0 radical (unpaired) electrons. The van der Waals surface area contributed by atoms with Crippen molar-refractivity contribution >= 4 is 17.5 Å². The minimum Gasteiger partial charge on any atom is -0.394 e. The summed E-state index contributed by atoms with van der Waals surface area (Å²) in [5.41, 5.74) is 1.33. The van der Waals surface area contributed by atoms with Crippen LogP contribution in [0.4, 0.5) is 0 Å². The van der Waals surface area contributed by atoms with E-state index in [4.69, 9.17) is 16.7 Å². The van der Waals surface area contributed by atoms with Gasteiger partial charge in [0.2, 0.25) is 0 Å². The number of hydrogen-bond donors (Lipinski definition) is 1. The van der Waals surface area contributed by atoms with Crippen LogP contribution in [0.15, 0.2) is 12.1 Å². The molecular weight excluding hydrogens is 252 g/mol. The number of hydrogen-bond acceptors (Lipinski definition) is 3. The van der Waals surface area contributed by atoms with Crippen molar-refractivity contribution in [3.63, 3.8) is 0 Å². The first-order chi connectivity index (χ1) is 8.49. The third-order valence-electron chi connectivity index (χ3n) is 2.85. The highest BCUT2D eigenvalue weighted by molar-refractivity contribution is 6.29. The third-order valence-corrected chi connectivity index (χ3v) is 3.04. The molecule has 1 N–H and O–H groups in total. The van der Waals surface area contributed by atoms with Crippen molar-refractivity contribution in [3.05, 3.63) is 28.5 Å². The van der Waals surface area contributed by atoms with Gasteiger partial charge in [-0.2, -0.15) is 0 Å². The van der Waals surface area contributed by atoms with Gasteiger partial charge >= 0.3 is 0 Å². The summed E-state index contributed by atoms with van der Waals surface area (Å²) in [6.07, 6.45) is 1.74. The van der Waals surface area contributed by atoms with Crippen molar-refractivity contribution < 1.29 is 9.90 Å². The number of carbonyl (C=O) groups is 1. The maximum absolute atomic E-state index is 12.2. The molecule has 0 spiro atoms. The molecule has 0 aromatic carbocycles. The van der Waals surface area contributed by atoms with E-state index in [1.807, 2.05) is 6.92 Å². The summed E-state index contributed by atoms with van der Waals surface area (Å²) < 4.78 is 0. The Morgan fingerprint density at radius 3 is 2.78 bits per heavy atom. The average molecular weight is 271 g/mol. The van der Waals surface area contributed by atoms with Crippen LogP contribution in [0, 0.1) is 0 Å². The molecule has 0 aliphatic carbocycles. The zero-order valence-corrected chi connectivity index (χ0v) is 11.7. The van der Waals surface area contributed by atoms with Gasteiger partial charge in [0.25, 0.3) is 5.91 Å². The summed E-state index contributed by atoms with van der Waals surface area (Å²) >= 11 is 5.92. The van der Waals surface area contributed by atoms with Gasteiger partial charge < -0.3 is 10.0 Å². The number of aliphatic hydroxyl groups excluding tert-OH is 1. The van der Waals surface area contributed by atoms with Crippen molar-refractivity contribution in [1.29, 1.82) is 0 Å². The first kappa shape index (κ1) is 14.9. The molecule has 1 amide bonds. The number of carbonyl (C=O) groups excluding carboxylic acids is 1. The SMILES string of the molecule is CCCc1cc(C(=O)N(C)C(C)CO)cc(Cl)n1. The Labute approximate surface area is 113 Å². The second-order valence-corrected chi connectivity index (χ2v) is 4.75. The number of aryl methyl sites for hydroxylation is 1. The van der Waals surface area contributed by atoms with E-state index in [0.717, 1.165) is 18.5 Å². The molecule has 1 unspecified atom stereocenters. The first-order valence-corrected chi connectivity index (χ1v) is 6.41. The molecule has 0 saturated heterocycles. The second kappa shape index (κ2) is 6.71. The minimum atomic E-state index is -0.223. The third kappa shape index (κ3) is 3.68. The molecule has 1 aromatic heterocycles. The molecule has 18 heavy (non-hydrogen) atoms. The quantitative estimate of drug-likeness (QED) is 0.834. The van der Waals surface area contributed by atoms with Gasteiger partial charge in [0.05, 0.1) is 12.6 Å². The van der Waals surface area contributed by atoms with Gasteiger partial charge in [0, 0.05) is 18.3 Å². The highest BCUT2D eigenvalue weighted by Gasteiger charge is 2.18. The van der Waals surface area contributed by atoms with E-state index < -0.39 is 0 Å². The Bertz CT molecular complexity index is 423. The van der Waals surface area contributed by atoms with Gasteiger partial charge in [0.1, 0.15) is 5.15 Å². The Morgan fingerprint density at radius 1 is 1.56 bits per heavy atom. The van der Waals surface area contributed by atoms with Crippen LogP contribution < -0.4 is 0 Å². The van der Waals surface area contributed by atoms with E-state index in [1.54, 1.807) is 26.1 Å². The van der Waals surface area contributed by atoms with Gasteiger partial charge in [-0.3, -0.25) is 4.79 Å². The predicted molar refractivity (Wildman–Crippen MR) is 71.9 cm³/mol. The molecule has 5 heteroatoms. The summed E-state index contributed by atoms with van der Waals surface area (Å²) in [4.78, 5) is 17.9. The van der Waals surface area contributed by atoms with Crippen molar-refractivity contribution in [1.82, 2.24) is 9.88 Å². The van der Waals surface area contributed by atoms with Crippen molar-refractivity contribution in [3.8, 4) is 0 Å². The average Bonchev–Trinajstić information content (AvgIpc) is 2.35.